The van der Waals surface area contributed by atoms with Crippen LogP contribution in [0.4, 0.5) is 8.78 Å². The van der Waals surface area contributed by atoms with Crippen molar-refractivity contribution in [3.8, 4) is 0 Å². The zero-order valence-corrected chi connectivity index (χ0v) is 12.0. The highest BCUT2D eigenvalue weighted by Gasteiger charge is 2.29. The van der Waals surface area contributed by atoms with Gasteiger partial charge in [0.25, 0.3) is 0 Å². The number of nitrogens with one attached hydrogen (secondary N) is 1. The highest BCUT2D eigenvalue weighted by molar-refractivity contribution is 5.23. The minimum atomic E-state index is -0.758. The summed E-state index contributed by atoms with van der Waals surface area (Å²) in [6.07, 6.45) is 3.40. The fourth-order valence-electron chi connectivity index (χ4n) is 2.90. The van der Waals surface area contributed by atoms with E-state index in [9.17, 15) is 8.78 Å². The summed E-state index contributed by atoms with van der Waals surface area (Å²) >= 11 is 0. The summed E-state index contributed by atoms with van der Waals surface area (Å²) in [4.78, 5) is 0. The summed E-state index contributed by atoms with van der Waals surface area (Å²) in [5, 5.41) is 3.52. The van der Waals surface area contributed by atoms with Crippen molar-refractivity contribution < 1.29 is 8.78 Å². The molecule has 0 radical (unpaired) electrons. The SMILES string of the molecule is CC(C)(C)NCC1CCCC1c1ccc(F)c(F)c1. The quantitative estimate of drug-likeness (QED) is 0.864. The fourth-order valence-corrected chi connectivity index (χ4v) is 2.90. The molecule has 1 saturated carbocycles. The standard InChI is InChI=1S/C16H23F2N/c1-16(2,3)19-10-12-5-4-6-13(12)11-7-8-14(17)15(18)9-11/h7-9,12-13,19H,4-6,10H2,1-3H3. The number of rotatable bonds is 3. The van der Waals surface area contributed by atoms with Gasteiger partial charge in [-0.15, -0.1) is 0 Å². The van der Waals surface area contributed by atoms with Crippen LogP contribution in [0.25, 0.3) is 0 Å². The van der Waals surface area contributed by atoms with Gasteiger partial charge >= 0.3 is 0 Å². The van der Waals surface area contributed by atoms with E-state index in [4.69, 9.17) is 0 Å². The zero-order valence-electron chi connectivity index (χ0n) is 12.0. The Morgan fingerprint density at radius 1 is 1.16 bits per heavy atom. The van der Waals surface area contributed by atoms with Gasteiger partial charge in [-0.3, -0.25) is 0 Å². The molecule has 0 amide bonds. The number of benzene rings is 1. The smallest absolute Gasteiger partial charge is 0.159 e. The first-order valence-electron chi connectivity index (χ1n) is 7.07. The summed E-state index contributed by atoms with van der Waals surface area (Å²) in [7, 11) is 0. The lowest BCUT2D eigenvalue weighted by atomic mass is 9.88. The van der Waals surface area contributed by atoms with Crippen molar-refractivity contribution in [2.24, 2.45) is 5.92 Å². The molecule has 1 aromatic carbocycles. The molecule has 1 aliphatic carbocycles. The third-order valence-corrected chi connectivity index (χ3v) is 3.93. The first-order valence-corrected chi connectivity index (χ1v) is 7.07. The van der Waals surface area contributed by atoms with E-state index in [2.05, 4.69) is 26.1 Å². The molecule has 2 unspecified atom stereocenters. The second-order valence-corrected chi connectivity index (χ2v) is 6.60. The second kappa shape index (κ2) is 5.58. The van der Waals surface area contributed by atoms with Crippen molar-refractivity contribution >= 4 is 0 Å². The van der Waals surface area contributed by atoms with Gasteiger partial charge in [0.2, 0.25) is 0 Å². The number of hydrogen-bond donors (Lipinski definition) is 1. The second-order valence-electron chi connectivity index (χ2n) is 6.60. The topological polar surface area (TPSA) is 12.0 Å². The van der Waals surface area contributed by atoms with Crippen molar-refractivity contribution in [3.05, 3.63) is 35.4 Å². The van der Waals surface area contributed by atoms with Gasteiger partial charge in [0.1, 0.15) is 0 Å². The minimum absolute atomic E-state index is 0.0984. The summed E-state index contributed by atoms with van der Waals surface area (Å²) in [6.45, 7) is 7.38. The maximum absolute atomic E-state index is 13.3. The van der Waals surface area contributed by atoms with Gasteiger partial charge in [0.15, 0.2) is 11.6 Å². The van der Waals surface area contributed by atoms with Gasteiger partial charge in [-0.1, -0.05) is 12.5 Å². The molecule has 3 heteroatoms. The summed E-state index contributed by atoms with van der Waals surface area (Å²) in [6, 6.07) is 4.35. The van der Waals surface area contributed by atoms with Crippen LogP contribution < -0.4 is 5.32 Å². The summed E-state index contributed by atoms with van der Waals surface area (Å²) < 4.78 is 26.3. The fraction of sp³-hybridized carbons (Fsp3) is 0.625. The van der Waals surface area contributed by atoms with E-state index in [0.717, 1.165) is 24.9 Å². The van der Waals surface area contributed by atoms with Crippen LogP contribution in [0.1, 0.15) is 51.5 Å². The molecule has 0 bridgehead atoms. The average molecular weight is 267 g/mol. The van der Waals surface area contributed by atoms with Crippen LogP contribution in [0, 0.1) is 17.6 Å². The van der Waals surface area contributed by atoms with Crippen LogP contribution in [-0.4, -0.2) is 12.1 Å². The Kier molecular flexibility index (Phi) is 4.24. The van der Waals surface area contributed by atoms with E-state index in [1.165, 1.54) is 18.6 Å². The van der Waals surface area contributed by atoms with E-state index < -0.39 is 11.6 Å². The van der Waals surface area contributed by atoms with Crippen molar-refractivity contribution in [1.82, 2.24) is 5.32 Å². The Morgan fingerprint density at radius 3 is 2.53 bits per heavy atom. The van der Waals surface area contributed by atoms with E-state index in [1.54, 1.807) is 6.07 Å². The molecule has 0 heterocycles. The van der Waals surface area contributed by atoms with Gasteiger partial charge in [0, 0.05) is 5.54 Å². The molecule has 0 aromatic heterocycles. The molecule has 1 nitrogen and oxygen atoms in total. The van der Waals surface area contributed by atoms with E-state index >= 15 is 0 Å². The van der Waals surface area contributed by atoms with Crippen molar-refractivity contribution in [3.63, 3.8) is 0 Å². The van der Waals surface area contributed by atoms with Crippen LogP contribution in [-0.2, 0) is 0 Å². The monoisotopic (exact) mass is 267 g/mol. The molecule has 0 aliphatic heterocycles. The van der Waals surface area contributed by atoms with Crippen LogP contribution in [0.2, 0.25) is 0 Å². The Morgan fingerprint density at radius 2 is 1.89 bits per heavy atom. The van der Waals surface area contributed by atoms with E-state index in [0.29, 0.717) is 11.8 Å². The molecule has 1 aliphatic rings. The maximum atomic E-state index is 13.3. The molecule has 1 fully saturated rings. The van der Waals surface area contributed by atoms with Crippen LogP contribution in [0.15, 0.2) is 18.2 Å². The van der Waals surface area contributed by atoms with Gasteiger partial charge < -0.3 is 5.32 Å². The Hall–Kier alpha value is -0.960. The maximum Gasteiger partial charge on any atom is 0.159 e. The van der Waals surface area contributed by atoms with Crippen molar-refractivity contribution in [1.29, 1.82) is 0 Å². The lowest BCUT2D eigenvalue weighted by molar-refractivity contribution is 0.356. The van der Waals surface area contributed by atoms with Crippen LogP contribution >= 0.6 is 0 Å². The molecule has 2 atom stereocenters. The number of hydrogen-bond acceptors (Lipinski definition) is 1. The lowest BCUT2D eigenvalue weighted by Gasteiger charge is -2.26. The van der Waals surface area contributed by atoms with Crippen molar-refractivity contribution in [2.75, 3.05) is 6.54 Å². The van der Waals surface area contributed by atoms with Gasteiger partial charge in [-0.25, -0.2) is 8.78 Å². The third kappa shape index (κ3) is 3.75. The Labute approximate surface area is 114 Å². The first kappa shape index (κ1) is 14.4. The average Bonchev–Trinajstić information content (AvgIpc) is 2.77. The molecule has 19 heavy (non-hydrogen) atoms. The van der Waals surface area contributed by atoms with E-state index in [1.807, 2.05) is 0 Å². The van der Waals surface area contributed by atoms with Gasteiger partial charge in [-0.2, -0.15) is 0 Å². The molecule has 0 saturated heterocycles. The Balaban J connectivity index is 2.07. The van der Waals surface area contributed by atoms with Gasteiger partial charge in [0.05, 0.1) is 0 Å². The summed E-state index contributed by atoms with van der Waals surface area (Å²) in [5.41, 5.74) is 1.04. The third-order valence-electron chi connectivity index (χ3n) is 3.93. The lowest BCUT2D eigenvalue weighted by Crippen LogP contribution is -2.39. The molecule has 106 valence electrons. The predicted octanol–water partition coefficient (Wildman–Crippen LogP) is 4.24. The van der Waals surface area contributed by atoms with Gasteiger partial charge in [-0.05, 0) is 69.7 Å². The number of halogens is 2. The normalized spacial score (nSPS) is 23.8. The molecule has 0 spiro atoms. The van der Waals surface area contributed by atoms with E-state index in [-0.39, 0.29) is 5.54 Å². The molecule has 1 N–H and O–H groups in total. The highest BCUT2D eigenvalue weighted by Crippen LogP contribution is 2.39. The predicted molar refractivity (Wildman–Crippen MR) is 74.2 cm³/mol. The largest absolute Gasteiger partial charge is 0.312 e. The van der Waals surface area contributed by atoms with Crippen LogP contribution in [0.3, 0.4) is 0 Å². The Bertz CT molecular complexity index is 437. The first-order chi connectivity index (χ1) is 8.87. The van der Waals surface area contributed by atoms with Crippen LogP contribution in [0.5, 0.6) is 0 Å². The highest BCUT2D eigenvalue weighted by atomic mass is 19.2. The van der Waals surface area contributed by atoms with Crippen molar-refractivity contribution in [2.45, 2.75) is 51.5 Å². The molecular formula is C16H23F2N. The zero-order chi connectivity index (χ0) is 14.0. The summed E-state index contributed by atoms with van der Waals surface area (Å²) in [5.74, 6) is -0.618. The molecular weight excluding hydrogens is 244 g/mol. The minimum Gasteiger partial charge on any atom is -0.312 e. The molecule has 2 rings (SSSR count). The molecule has 1 aromatic rings.